The number of carbonyl (C=O) groups excluding carboxylic acids is 1. The largest absolute Gasteiger partial charge is 0.323 e. The molecule has 2 amide bonds. The molecule has 0 aliphatic heterocycles. The smallest absolute Gasteiger partial charge is 0.307 e. The van der Waals surface area contributed by atoms with Gasteiger partial charge in [-0.05, 0) is 47.5 Å². The summed E-state index contributed by atoms with van der Waals surface area (Å²) in [6.45, 7) is 2.02. The number of aromatic amines is 1. The molecule has 4 rings (SSSR count). The van der Waals surface area contributed by atoms with Gasteiger partial charge in [-0.2, -0.15) is 5.21 Å². The fraction of sp³-hybridized carbons (Fsp3) is 0.0476. The Bertz CT molecular complexity index is 1140. The van der Waals surface area contributed by atoms with Crippen molar-refractivity contribution in [3.63, 3.8) is 0 Å². The highest BCUT2D eigenvalue weighted by molar-refractivity contribution is 6.02. The van der Waals surface area contributed by atoms with Gasteiger partial charge in [0.15, 0.2) is 0 Å². The van der Waals surface area contributed by atoms with E-state index in [1.54, 1.807) is 18.2 Å². The molecule has 0 atom stereocenters. The van der Waals surface area contributed by atoms with E-state index in [0.717, 1.165) is 16.7 Å². The summed E-state index contributed by atoms with van der Waals surface area (Å²) in [5, 5.41) is 19.3. The number of anilines is 2. The van der Waals surface area contributed by atoms with E-state index in [9.17, 15) is 9.18 Å². The van der Waals surface area contributed by atoms with Crippen LogP contribution in [0.4, 0.5) is 20.6 Å². The van der Waals surface area contributed by atoms with E-state index >= 15 is 0 Å². The number of hydrogen-bond acceptors (Lipinski definition) is 4. The van der Waals surface area contributed by atoms with Crippen LogP contribution in [0.5, 0.6) is 0 Å². The standard InChI is InChI=1S/C21H17FN6O/c1-13-6-8-14(9-7-13)15-10-11-18(16(12-15)20-25-27-28-26-20)23-21(29)24-19-5-3-2-4-17(19)22/h2-12H,1H3,(H2,23,24,29)(H,25,26,27,28). The molecule has 144 valence electrons. The van der Waals surface area contributed by atoms with Gasteiger partial charge in [0.2, 0.25) is 5.82 Å². The summed E-state index contributed by atoms with van der Waals surface area (Å²) < 4.78 is 13.8. The molecule has 0 bridgehead atoms. The zero-order valence-electron chi connectivity index (χ0n) is 15.5. The van der Waals surface area contributed by atoms with Crippen LogP contribution in [0.1, 0.15) is 5.56 Å². The normalized spacial score (nSPS) is 10.6. The summed E-state index contributed by atoms with van der Waals surface area (Å²) in [7, 11) is 0. The molecule has 3 N–H and O–H groups in total. The number of halogens is 1. The van der Waals surface area contributed by atoms with E-state index in [1.807, 2.05) is 43.3 Å². The number of H-pyrrole nitrogens is 1. The molecule has 0 aliphatic carbocycles. The molecule has 0 spiro atoms. The third-order valence-electron chi connectivity index (χ3n) is 4.36. The van der Waals surface area contributed by atoms with Gasteiger partial charge in [0, 0.05) is 5.56 Å². The first-order chi connectivity index (χ1) is 14.1. The first-order valence-corrected chi connectivity index (χ1v) is 8.87. The monoisotopic (exact) mass is 388 g/mol. The molecule has 1 heterocycles. The lowest BCUT2D eigenvalue weighted by molar-refractivity contribution is 0.262. The molecule has 0 radical (unpaired) electrons. The molecular weight excluding hydrogens is 371 g/mol. The van der Waals surface area contributed by atoms with Crippen LogP contribution in [-0.4, -0.2) is 26.7 Å². The van der Waals surface area contributed by atoms with Crippen LogP contribution in [-0.2, 0) is 0 Å². The number of benzene rings is 3. The number of para-hydroxylation sites is 1. The molecule has 0 aliphatic rings. The van der Waals surface area contributed by atoms with Crippen molar-refractivity contribution < 1.29 is 9.18 Å². The Morgan fingerprint density at radius 3 is 2.38 bits per heavy atom. The molecule has 4 aromatic rings. The van der Waals surface area contributed by atoms with Crippen molar-refractivity contribution in [3.05, 3.63) is 78.1 Å². The van der Waals surface area contributed by atoms with Crippen LogP contribution < -0.4 is 10.6 Å². The van der Waals surface area contributed by atoms with Gasteiger partial charge in [-0.15, -0.1) is 10.2 Å². The fourth-order valence-electron chi connectivity index (χ4n) is 2.88. The topological polar surface area (TPSA) is 95.6 Å². The highest BCUT2D eigenvalue weighted by Crippen LogP contribution is 2.31. The van der Waals surface area contributed by atoms with Crippen LogP contribution >= 0.6 is 0 Å². The van der Waals surface area contributed by atoms with Crippen LogP contribution in [0, 0.1) is 12.7 Å². The van der Waals surface area contributed by atoms with Gasteiger partial charge in [0.25, 0.3) is 0 Å². The van der Waals surface area contributed by atoms with Gasteiger partial charge in [-0.3, -0.25) is 0 Å². The third-order valence-corrected chi connectivity index (χ3v) is 4.36. The van der Waals surface area contributed by atoms with E-state index in [1.165, 1.54) is 12.1 Å². The van der Waals surface area contributed by atoms with Crippen molar-refractivity contribution in [1.29, 1.82) is 0 Å². The van der Waals surface area contributed by atoms with Crippen molar-refractivity contribution in [2.75, 3.05) is 10.6 Å². The fourth-order valence-corrected chi connectivity index (χ4v) is 2.88. The number of urea groups is 1. The number of nitrogens with zero attached hydrogens (tertiary/aromatic N) is 3. The number of tetrazole rings is 1. The summed E-state index contributed by atoms with van der Waals surface area (Å²) in [6, 6.07) is 19.0. The lowest BCUT2D eigenvalue weighted by Crippen LogP contribution is -2.20. The molecule has 8 heteroatoms. The van der Waals surface area contributed by atoms with Gasteiger partial charge in [0.1, 0.15) is 5.82 Å². The number of aromatic nitrogens is 4. The zero-order valence-corrected chi connectivity index (χ0v) is 15.5. The van der Waals surface area contributed by atoms with E-state index in [-0.39, 0.29) is 5.69 Å². The number of nitrogens with one attached hydrogen (secondary N) is 3. The average molecular weight is 388 g/mol. The molecule has 0 unspecified atom stereocenters. The summed E-state index contributed by atoms with van der Waals surface area (Å²) in [5.74, 6) is -0.184. The molecule has 3 aromatic carbocycles. The Labute approximate surface area is 166 Å². The van der Waals surface area contributed by atoms with Gasteiger partial charge < -0.3 is 10.6 Å². The first-order valence-electron chi connectivity index (χ1n) is 8.87. The van der Waals surface area contributed by atoms with Gasteiger partial charge in [-0.1, -0.05) is 48.0 Å². The van der Waals surface area contributed by atoms with Crippen molar-refractivity contribution >= 4 is 17.4 Å². The SMILES string of the molecule is Cc1ccc(-c2ccc(NC(=O)Nc3ccccc3F)c(-c3nn[nH]n3)c2)cc1. The highest BCUT2D eigenvalue weighted by Gasteiger charge is 2.14. The number of amides is 2. The number of rotatable bonds is 4. The van der Waals surface area contributed by atoms with Gasteiger partial charge in [-0.25, -0.2) is 9.18 Å². The second-order valence-electron chi connectivity index (χ2n) is 6.42. The Morgan fingerprint density at radius 2 is 1.66 bits per heavy atom. The minimum Gasteiger partial charge on any atom is -0.307 e. The molecule has 0 saturated carbocycles. The van der Waals surface area contributed by atoms with Crippen LogP contribution in [0.15, 0.2) is 66.7 Å². The maximum Gasteiger partial charge on any atom is 0.323 e. The number of hydrogen-bond donors (Lipinski definition) is 3. The minimum atomic E-state index is -0.581. The lowest BCUT2D eigenvalue weighted by atomic mass is 10.0. The van der Waals surface area contributed by atoms with Gasteiger partial charge >= 0.3 is 6.03 Å². The Balaban J connectivity index is 1.65. The predicted molar refractivity (Wildman–Crippen MR) is 109 cm³/mol. The maximum atomic E-state index is 13.8. The Morgan fingerprint density at radius 1 is 0.931 bits per heavy atom. The second-order valence-corrected chi connectivity index (χ2v) is 6.42. The summed E-state index contributed by atoms with van der Waals surface area (Å²) in [6.07, 6.45) is 0. The third kappa shape index (κ3) is 4.11. The average Bonchev–Trinajstić information content (AvgIpc) is 3.25. The summed E-state index contributed by atoms with van der Waals surface area (Å²) >= 11 is 0. The molecule has 29 heavy (non-hydrogen) atoms. The summed E-state index contributed by atoms with van der Waals surface area (Å²) in [4.78, 5) is 12.4. The van der Waals surface area contributed by atoms with Crippen molar-refractivity contribution in [1.82, 2.24) is 20.6 Å². The highest BCUT2D eigenvalue weighted by atomic mass is 19.1. The van der Waals surface area contributed by atoms with Crippen LogP contribution in [0.25, 0.3) is 22.5 Å². The van der Waals surface area contributed by atoms with Crippen molar-refractivity contribution in [2.45, 2.75) is 6.92 Å². The van der Waals surface area contributed by atoms with Crippen LogP contribution in [0.3, 0.4) is 0 Å². The first kappa shape index (κ1) is 18.3. The number of aryl methyl sites for hydroxylation is 1. The quantitative estimate of drug-likeness (QED) is 0.475. The van der Waals surface area contributed by atoms with E-state index in [4.69, 9.17) is 0 Å². The van der Waals surface area contributed by atoms with Crippen LogP contribution in [0.2, 0.25) is 0 Å². The van der Waals surface area contributed by atoms with E-state index < -0.39 is 11.8 Å². The summed E-state index contributed by atoms with van der Waals surface area (Å²) in [5.41, 5.74) is 4.25. The molecule has 0 saturated heterocycles. The van der Waals surface area contributed by atoms with Crippen molar-refractivity contribution in [2.24, 2.45) is 0 Å². The maximum absolute atomic E-state index is 13.8. The zero-order chi connectivity index (χ0) is 20.2. The Hall–Kier alpha value is -4.07. The Kier molecular flexibility index (Phi) is 4.98. The molecular formula is C21H17FN6O. The lowest BCUT2D eigenvalue weighted by Gasteiger charge is -2.12. The molecule has 1 aromatic heterocycles. The van der Waals surface area contributed by atoms with Gasteiger partial charge in [0.05, 0.1) is 11.4 Å². The molecule has 7 nitrogen and oxygen atoms in total. The van der Waals surface area contributed by atoms with Crippen molar-refractivity contribution in [3.8, 4) is 22.5 Å². The van der Waals surface area contributed by atoms with E-state index in [0.29, 0.717) is 17.1 Å². The predicted octanol–water partition coefficient (Wildman–Crippen LogP) is 4.63. The number of carbonyl (C=O) groups is 1. The molecule has 0 fully saturated rings. The van der Waals surface area contributed by atoms with E-state index in [2.05, 4.69) is 31.3 Å². The minimum absolute atomic E-state index is 0.0855. The second kappa shape index (κ2) is 7.89.